The molecular weight excluding hydrogens is 208 g/mol. The summed E-state index contributed by atoms with van der Waals surface area (Å²) < 4.78 is 0. The summed E-state index contributed by atoms with van der Waals surface area (Å²) in [4.78, 5) is 4.11. The second kappa shape index (κ2) is 5.60. The molecule has 2 aromatic rings. The van der Waals surface area contributed by atoms with E-state index >= 15 is 0 Å². The Balaban J connectivity index is 1.96. The standard InChI is InChI=1S/C15H18N2/c1-12-5-3-7-15(9-12)13(2)17-11-14-6-4-8-16-10-14/h3-10,13,17H,11H2,1-2H3. The minimum Gasteiger partial charge on any atom is -0.306 e. The van der Waals surface area contributed by atoms with Crippen LogP contribution in [0.4, 0.5) is 0 Å². The van der Waals surface area contributed by atoms with E-state index in [1.54, 1.807) is 6.20 Å². The van der Waals surface area contributed by atoms with E-state index in [2.05, 4.69) is 54.5 Å². The Morgan fingerprint density at radius 2 is 2.12 bits per heavy atom. The second-order valence-electron chi connectivity index (χ2n) is 4.38. The third kappa shape index (κ3) is 3.40. The quantitative estimate of drug-likeness (QED) is 0.865. The fourth-order valence-corrected chi connectivity index (χ4v) is 1.83. The monoisotopic (exact) mass is 226 g/mol. The molecule has 2 heteroatoms. The van der Waals surface area contributed by atoms with Gasteiger partial charge in [-0.2, -0.15) is 0 Å². The van der Waals surface area contributed by atoms with Gasteiger partial charge in [0.2, 0.25) is 0 Å². The molecule has 1 unspecified atom stereocenters. The Labute approximate surface area is 103 Å². The highest BCUT2D eigenvalue weighted by molar-refractivity contribution is 5.24. The maximum Gasteiger partial charge on any atom is 0.0312 e. The van der Waals surface area contributed by atoms with Gasteiger partial charge in [-0.3, -0.25) is 4.98 Å². The van der Waals surface area contributed by atoms with Crippen molar-refractivity contribution in [3.63, 3.8) is 0 Å². The lowest BCUT2D eigenvalue weighted by molar-refractivity contribution is 0.573. The van der Waals surface area contributed by atoms with Crippen LogP contribution in [0.25, 0.3) is 0 Å². The first-order valence-corrected chi connectivity index (χ1v) is 5.94. The summed E-state index contributed by atoms with van der Waals surface area (Å²) in [5.74, 6) is 0. The Morgan fingerprint density at radius 3 is 2.82 bits per heavy atom. The minimum absolute atomic E-state index is 0.357. The zero-order chi connectivity index (χ0) is 12.1. The van der Waals surface area contributed by atoms with Gasteiger partial charge in [0.1, 0.15) is 0 Å². The normalized spacial score (nSPS) is 12.4. The van der Waals surface area contributed by atoms with Gasteiger partial charge in [-0.15, -0.1) is 0 Å². The number of nitrogens with one attached hydrogen (secondary N) is 1. The number of nitrogens with zero attached hydrogens (tertiary/aromatic N) is 1. The molecule has 1 heterocycles. The van der Waals surface area contributed by atoms with E-state index in [1.165, 1.54) is 16.7 Å². The fourth-order valence-electron chi connectivity index (χ4n) is 1.83. The maximum atomic E-state index is 4.11. The second-order valence-corrected chi connectivity index (χ2v) is 4.38. The van der Waals surface area contributed by atoms with E-state index < -0.39 is 0 Å². The first-order valence-electron chi connectivity index (χ1n) is 5.94. The van der Waals surface area contributed by atoms with E-state index in [9.17, 15) is 0 Å². The van der Waals surface area contributed by atoms with Gasteiger partial charge in [0, 0.05) is 25.0 Å². The third-order valence-corrected chi connectivity index (χ3v) is 2.88. The summed E-state index contributed by atoms with van der Waals surface area (Å²) in [7, 11) is 0. The lowest BCUT2D eigenvalue weighted by atomic mass is 10.1. The summed E-state index contributed by atoms with van der Waals surface area (Å²) >= 11 is 0. The molecule has 0 radical (unpaired) electrons. The number of rotatable bonds is 4. The Morgan fingerprint density at radius 1 is 1.24 bits per heavy atom. The van der Waals surface area contributed by atoms with Crippen LogP contribution < -0.4 is 5.32 Å². The smallest absolute Gasteiger partial charge is 0.0312 e. The molecule has 88 valence electrons. The van der Waals surface area contributed by atoms with E-state index in [0.29, 0.717) is 6.04 Å². The minimum atomic E-state index is 0.357. The van der Waals surface area contributed by atoms with Gasteiger partial charge >= 0.3 is 0 Å². The summed E-state index contributed by atoms with van der Waals surface area (Å²) in [6.07, 6.45) is 3.70. The van der Waals surface area contributed by atoms with Crippen LogP contribution in [0, 0.1) is 6.92 Å². The van der Waals surface area contributed by atoms with Crippen molar-refractivity contribution in [3.05, 3.63) is 65.5 Å². The van der Waals surface area contributed by atoms with Gasteiger partial charge in [-0.1, -0.05) is 35.9 Å². The fraction of sp³-hybridized carbons (Fsp3) is 0.267. The molecule has 0 fully saturated rings. The summed E-state index contributed by atoms with van der Waals surface area (Å²) in [5, 5.41) is 3.50. The number of benzene rings is 1. The number of hydrogen-bond donors (Lipinski definition) is 1. The zero-order valence-corrected chi connectivity index (χ0v) is 10.4. The molecular formula is C15H18N2. The Kier molecular flexibility index (Phi) is 3.89. The first kappa shape index (κ1) is 11.8. The summed E-state index contributed by atoms with van der Waals surface area (Å²) in [6, 6.07) is 13.0. The van der Waals surface area contributed by atoms with E-state index in [4.69, 9.17) is 0 Å². The molecule has 17 heavy (non-hydrogen) atoms. The SMILES string of the molecule is Cc1cccc(C(C)NCc2cccnc2)c1. The Hall–Kier alpha value is -1.67. The largest absolute Gasteiger partial charge is 0.306 e. The molecule has 0 amide bonds. The molecule has 0 aliphatic heterocycles. The summed E-state index contributed by atoms with van der Waals surface area (Å²) in [5.41, 5.74) is 3.85. The van der Waals surface area contributed by atoms with Crippen LogP contribution in [-0.2, 0) is 6.54 Å². The van der Waals surface area contributed by atoms with Crippen molar-refractivity contribution in [3.8, 4) is 0 Å². The van der Waals surface area contributed by atoms with E-state index in [-0.39, 0.29) is 0 Å². The number of aryl methyl sites for hydroxylation is 1. The van der Waals surface area contributed by atoms with Crippen LogP contribution in [0.15, 0.2) is 48.8 Å². The average Bonchev–Trinajstić information content (AvgIpc) is 2.37. The van der Waals surface area contributed by atoms with Crippen LogP contribution in [0.1, 0.15) is 29.7 Å². The van der Waals surface area contributed by atoms with Crippen molar-refractivity contribution < 1.29 is 0 Å². The third-order valence-electron chi connectivity index (χ3n) is 2.88. The highest BCUT2D eigenvalue weighted by atomic mass is 14.9. The van der Waals surface area contributed by atoms with Gasteiger partial charge in [0.05, 0.1) is 0 Å². The number of pyridine rings is 1. The predicted octanol–water partition coefficient (Wildman–Crippen LogP) is 3.24. The van der Waals surface area contributed by atoms with Gasteiger partial charge in [-0.25, -0.2) is 0 Å². The van der Waals surface area contributed by atoms with Crippen molar-refractivity contribution in [2.45, 2.75) is 26.4 Å². The molecule has 0 saturated carbocycles. The van der Waals surface area contributed by atoms with Crippen molar-refractivity contribution in [2.75, 3.05) is 0 Å². The van der Waals surface area contributed by atoms with Gasteiger partial charge < -0.3 is 5.32 Å². The molecule has 1 atom stereocenters. The van der Waals surface area contributed by atoms with Crippen LogP contribution in [0.3, 0.4) is 0 Å². The van der Waals surface area contributed by atoms with Crippen molar-refractivity contribution >= 4 is 0 Å². The average molecular weight is 226 g/mol. The van der Waals surface area contributed by atoms with Crippen LogP contribution >= 0.6 is 0 Å². The molecule has 2 nitrogen and oxygen atoms in total. The Bertz CT molecular complexity index is 465. The predicted molar refractivity (Wildman–Crippen MR) is 70.7 cm³/mol. The van der Waals surface area contributed by atoms with Crippen molar-refractivity contribution in [1.82, 2.24) is 10.3 Å². The van der Waals surface area contributed by atoms with Gasteiger partial charge in [0.15, 0.2) is 0 Å². The van der Waals surface area contributed by atoms with E-state index in [1.807, 2.05) is 12.3 Å². The van der Waals surface area contributed by atoms with Crippen LogP contribution in [-0.4, -0.2) is 4.98 Å². The lowest BCUT2D eigenvalue weighted by Gasteiger charge is -2.14. The molecule has 0 spiro atoms. The van der Waals surface area contributed by atoms with Gasteiger partial charge in [0.25, 0.3) is 0 Å². The topological polar surface area (TPSA) is 24.9 Å². The first-order chi connectivity index (χ1) is 8.25. The summed E-state index contributed by atoms with van der Waals surface area (Å²) in [6.45, 7) is 5.16. The zero-order valence-electron chi connectivity index (χ0n) is 10.4. The van der Waals surface area contributed by atoms with Gasteiger partial charge in [-0.05, 0) is 31.0 Å². The molecule has 1 aromatic carbocycles. The molecule has 1 N–H and O–H groups in total. The lowest BCUT2D eigenvalue weighted by Crippen LogP contribution is -2.18. The molecule has 2 rings (SSSR count). The number of hydrogen-bond acceptors (Lipinski definition) is 2. The van der Waals surface area contributed by atoms with E-state index in [0.717, 1.165) is 6.54 Å². The maximum absolute atomic E-state index is 4.11. The molecule has 0 aliphatic carbocycles. The molecule has 1 aromatic heterocycles. The molecule has 0 bridgehead atoms. The highest BCUT2D eigenvalue weighted by Crippen LogP contribution is 2.14. The van der Waals surface area contributed by atoms with Crippen molar-refractivity contribution in [1.29, 1.82) is 0 Å². The van der Waals surface area contributed by atoms with Crippen LogP contribution in [0.5, 0.6) is 0 Å². The highest BCUT2D eigenvalue weighted by Gasteiger charge is 2.04. The van der Waals surface area contributed by atoms with Crippen molar-refractivity contribution in [2.24, 2.45) is 0 Å². The molecule has 0 aliphatic rings. The van der Waals surface area contributed by atoms with Crippen LogP contribution in [0.2, 0.25) is 0 Å². The molecule has 0 saturated heterocycles. The number of aromatic nitrogens is 1.